The van der Waals surface area contributed by atoms with E-state index in [9.17, 15) is 26.3 Å². The van der Waals surface area contributed by atoms with Gasteiger partial charge in [0.25, 0.3) is 0 Å². The fourth-order valence-corrected chi connectivity index (χ4v) is 6.78. The molecule has 3 aliphatic heterocycles. The number of rotatable bonds is 9. The van der Waals surface area contributed by atoms with Gasteiger partial charge in [0.05, 0.1) is 50.5 Å². The number of hydrogen-bond acceptors (Lipinski definition) is 15. The molecule has 66 heavy (non-hydrogen) atoms. The van der Waals surface area contributed by atoms with Crippen LogP contribution in [0.2, 0.25) is 5.15 Å². The molecule has 348 valence electrons. The molecule has 3 fully saturated rings. The minimum atomic E-state index is -4.56. The van der Waals surface area contributed by atoms with E-state index in [1.807, 2.05) is 48.5 Å². The Morgan fingerprint density at radius 2 is 0.985 bits per heavy atom. The lowest BCUT2D eigenvalue weighted by Gasteiger charge is -2.24. The molecule has 0 amide bonds. The lowest BCUT2D eigenvalue weighted by atomic mass is 10.1. The van der Waals surface area contributed by atoms with Crippen LogP contribution in [0.4, 0.5) is 60.9 Å². The second kappa shape index (κ2) is 22.9. The largest absolute Gasteiger partial charge is 0.451 e. The van der Waals surface area contributed by atoms with E-state index in [-0.39, 0.29) is 29.9 Å². The van der Waals surface area contributed by atoms with E-state index in [4.69, 9.17) is 25.8 Å². The van der Waals surface area contributed by atoms with Crippen LogP contribution in [-0.2, 0) is 26.6 Å². The first-order chi connectivity index (χ1) is 31.9. The van der Waals surface area contributed by atoms with Gasteiger partial charge < -0.3 is 46.1 Å². The molecular formula is C44H45ClF6N12O3. The maximum atomic E-state index is 12.6. The fourth-order valence-electron chi connectivity index (χ4n) is 6.63. The summed E-state index contributed by atoms with van der Waals surface area (Å²) in [6.07, 6.45) is -4.63. The molecule has 3 aromatic carbocycles. The molecule has 0 radical (unpaired) electrons. The Morgan fingerprint density at radius 1 is 0.515 bits per heavy atom. The number of alkyl halides is 6. The lowest BCUT2D eigenvalue weighted by Crippen LogP contribution is -2.33. The molecule has 9 rings (SSSR count). The molecule has 0 bridgehead atoms. The van der Waals surface area contributed by atoms with Gasteiger partial charge >= 0.3 is 12.4 Å². The number of benzene rings is 3. The number of anilines is 6. The average molecular weight is 939 g/mol. The molecular weight excluding hydrogens is 894 g/mol. The van der Waals surface area contributed by atoms with Gasteiger partial charge in [0.1, 0.15) is 28.9 Å². The number of aromatic nitrogens is 6. The molecule has 3 aromatic heterocycles. The van der Waals surface area contributed by atoms with E-state index in [1.165, 1.54) is 18.0 Å². The molecule has 3 atom stereocenters. The van der Waals surface area contributed by atoms with Gasteiger partial charge in [-0.15, -0.1) is 0 Å². The minimum absolute atomic E-state index is 0.00585. The quantitative estimate of drug-likeness (QED) is 0.0602. The minimum Gasteiger partial charge on any atom is -0.371 e. The zero-order chi connectivity index (χ0) is 46.4. The maximum Gasteiger partial charge on any atom is 0.451 e. The van der Waals surface area contributed by atoms with Crippen LogP contribution in [0.5, 0.6) is 0 Å². The third kappa shape index (κ3) is 14.5. The van der Waals surface area contributed by atoms with Crippen molar-refractivity contribution >= 4 is 46.1 Å². The van der Waals surface area contributed by atoms with Crippen LogP contribution < -0.4 is 31.9 Å². The smallest absolute Gasteiger partial charge is 0.371 e. The molecule has 6 heterocycles. The van der Waals surface area contributed by atoms with Crippen LogP contribution in [0.1, 0.15) is 46.5 Å². The SMILES string of the molecule is Clc1cc(Nc2ccc([C@@H]3CNCCO3)cc2)ncn1.FC(F)(F)c1cnc(Nc2ccc([C@@H]3CNCCO3)cc2)cn1.FC(F)(F)c1nccc(Nc2ccc([C@@H]3CNCCO3)cc2)n1. The van der Waals surface area contributed by atoms with Crippen molar-refractivity contribution in [3.63, 3.8) is 0 Å². The Kier molecular flexibility index (Phi) is 16.6. The average Bonchev–Trinajstić information content (AvgIpc) is 3.33. The molecule has 6 N–H and O–H groups in total. The summed E-state index contributed by atoms with van der Waals surface area (Å²) in [6, 6.07) is 26.0. The highest BCUT2D eigenvalue weighted by Crippen LogP contribution is 2.30. The number of ether oxygens (including phenoxy) is 3. The third-order valence-electron chi connectivity index (χ3n) is 9.93. The van der Waals surface area contributed by atoms with Crippen LogP contribution in [0, 0.1) is 0 Å². The maximum absolute atomic E-state index is 12.6. The highest BCUT2D eigenvalue weighted by molar-refractivity contribution is 6.29. The first kappa shape index (κ1) is 47.9. The second-order valence-corrected chi connectivity index (χ2v) is 15.1. The van der Waals surface area contributed by atoms with E-state index in [1.54, 1.807) is 18.2 Å². The Labute approximate surface area is 380 Å². The zero-order valence-corrected chi connectivity index (χ0v) is 35.8. The normalized spacial score (nSPS) is 18.7. The highest BCUT2D eigenvalue weighted by atomic mass is 35.5. The van der Waals surface area contributed by atoms with Gasteiger partial charge in [-0.3, -0.25) is 0 Å². The van der Waals surface area contributed by atoms with Crippen LogP contribution in [0.15, 0.2) is 110 Å². The van der Waals surface area contributed by atoms with E-state index in [0.717, 1.165) is 75.1 Å². The Hall–Kier alpha value is -6.07. The molecule has 6 aromatic rings. The van der Waals surface area contributed by atoms with Crippen molar-refractivity contribution < 1.29 is 40.6 Å². The summed E-state index contributed by atoms with van der Waals surface area (Å²) in [7, 11) is 0. The molecule has 22 heteroatoms. The standard InChI is InChI=1S/2C15H15F3N4O.C14H15ClN4O/c16-15(17,18)13-8-21-14(9-20-13)22-11-3-1-10(2-4-11)12-7-19-5-6-23-12;16-15(17,18)14-20-6-5-13(22-14)21-11-3-1-10(2-4-11)12-9-19-7-8-23-12;15-13-7-14(18-9-17-13)19-11-3-1-10(2-4-11)12-8-16-5-6-20-12/h1-4,8-9,12,19H,5-7H2,(H,21,22);1-6,12,19H,7-9H2,(H,20,21,22);1-4,7,9,12,16H,5-6,8H2,(H,17,18,19)/t3*12-/m000/s1. The van der Waals surface area contributed by atoms with Crippen molar-refractivity contribution in [2.75, 3.05) is 75.0 Å². The number of morpholine rings is 3. The van der Waals surface area contributed by atoms with Gasteiger partial charge in [-0.1, -0.05) is 48.0 Å². The van der Waals surface area contributed by atoms with Crippen LogP contribution in [-0.4, -0.2) is 89.0 Å². The van der Waals surface area contributed by atoms with Gasteiger partial charge in [0.15, 0.2) is 5.69 Å². The summed E-state index contributed by atoms with van der Waals surface area (Å²) in [5, 5.41) is 19.2. The van der Waals surface area contributed by atoms with Crippen LogP contribution in [0.25, 0.3) is 0 Å². The van der Waals surface area contributed by atoms with Crippen molar-refractivity contribution in [2.45, 2.75) is 30.7 Å². The monoisotopic (exact) mass is 938 g/mol. The Bertz CT molecular complexity index is 2400. The number of halogens is 7. The van der Waals surface area contributed by atoms with Gasteiger partial charge in [-0.05, 0) is 59.2 Å². The third-order valence-corrected chi connectivity index (χ3v) is 10.1. The number of nitrogens with zero attached hydrogens (tertiary/aromatic N) is 6. The second-order valence-electron chi connectivity index (χ2n) is 14.7. The van der Waals surface area contributed by atoms with Crippen molar-refractivity contribution in [1.29, 1.82) is 0 Å². The van der Waals surface area contributed by atoms with E-state index in [0.29, 0.717) is 41.8 Å². The molecule has 0 aliphatic carbocycles. The van der Waals surface area contributed by atoms with Crippen LogP contribution >= 0.6 is 11.6 Å². The summed E-state index contributed by atoms with van der Waals surface area (Å²) < 4.78 is 92.1. The number of nitrogens with one attached hydrogen (secondary N) is 6. The molecule has 0 saturated carbocycles. The van der Waals surface area contributed by atoms with E-state index < -0.39 is 23.9 Å². The van der Waals surface area contributed by atoms with E-state index >= 15 is 0 Å². The van der Waals surface area contributed by atoms with Gasteiger partial charge in [-0.2, -0.15) is 26.3 Å². The van der Waals surface area contributed by atoms with Gasteiger partial charge in [-0.25, -0.2) is 29.9 Å². The summed E-state index contributed by atoms with van der Waals surface area (Å²) >= 11 is 5.82. The summed E-state index contributed by atoms with van der Waals surface area (Å²) in [6.45, 7) is 7.06. The van der Waals surface area contributed by atoms with Crippen molar-refractivity contribution in [3.8, 4) is 0 Å². The topological polar surface area (TPSA) is 177 Å². The van der Waals surface area contributed by atoms with Crippen molar-refractivity contribution in [2.24, 2.45) is 0 Å². The van der Waals surface area contributed by atoms with Crippen molar-refractivity contribution in [3.05, 3.63) is 143 Å². The predicted octanol–water partition coefficient (Wildman–Crippen LogP) is 8.33. The summed E-state index contributed by atoms with van der Waals surface area (Å²) in [5.41, 5.74) is 4.52. The van der Waals surface area contributed by atoms with Gasteiger partial charge in [0, 0.05) is 68.6 Å². The lowest BCUT2D eigenvalue weighted by molar-refractivity contribution is -0.145. The molecule has 0 spiro atoms. The Balaban J connectivity index is 0.000000148. The van der Waals surface area contributed by atoms with Crippen molar-refractivity contribution in [1.82, 2.24) is 45.9 Å². The molecule has 3 saturated heterocycles. The predicted molar refractivity (Wildman–Crippen MR) is 235 cm³/mol. The van der Waals surface area contributed by atoms with Crippen LogP contribution in [0.3, 0.4) is 0 Å². The zero-order valence-electron chi connectivity index (χ0n) is 35.0. The summed E-state index contributed by atoms with van der Waals surface area (Å²) in [5.74, 6) is -0.147. The number of hydrogen-bond donors (Lipinski definition) is 6. The Morgan fingerprint density at radius 3 is 1.38 bits per heavy atom. The molecule has 3 aliphatic rings. The van der Waals surface area contributed by atoms with E-state index in [2.05, 4.69) is 73.9 Å². The fraction of sp³-hybridized carbons (Fsp3) is 0.318. The molecule has 0 unspecified atom stereocenters. The first-order valence-corrected chi connectivity index (χ1v) is 21.1. The molecule has 15 nitrogen and oxygen atoms in total. The van der Waals surface area contributed by atoms with Gasteiger partial charge in [0.2, 0.25) is 5.82 Å². The highest BCUT2D eigenvalue weighted by Gasteiger charge is 2.35. The first-order valence-electron chi connectivity index (χ1n) is 20.7. The summed E-state index contributed by atoms with van der Waals surface area (Å²) in [4.78, 5) is 21.7.